The van der Waals surface area contributed by atoms with Crippen LogP contribution in [0.15, 0.2) is 42.5 Å². The molecule has 0 aliphatic carbocycles. The van der Waals surface area contributed by atoms with Crippen molar-refractivity contribution in [2.75, 3.05) is 24.3 Å². The van der Waals surface area contributed by atoms with Gasteiger partial charge in [-0.05, 0) is 29.8 Å². The number of carbonyl (C=O) groups excluding carboxylic acids is 2. The van der Waals surface area contributed by atoms with Gasteiger partial charge in [-0.3, -0.25) is 4.79 Å². The van der Waals surface area contributed by atoms with Gasteiger partial charge in [-0.15, -0.1) is 0 Å². The molecule has 24 heavy (non-hydrogen) atoms. The predicted octanol–water partition coefficient (Wildman–Crippen LogP) is 2.67. The minimum Gasteiger partial charge on any atom is -0.465 e. The van der Waals surface area contributed by atoms with Gasteiger partial charge in [0.05, 0.1) is 42.2 Å². The number of para-hydroxylation sites is 1. The minimum atomic E-state index is -0.530. The first kappa shape index (κ1) is 17.8. The van der Waals surface area contributed by atoms with Crippen molar-refractivity contribution in [3.63, 3.8) is 0 Å². The van der Waals surface area contributed by atoms with E-state index in [0.29, 0.717) is 22.0 Å². The average molecular weight is 349 g/mol. The summed E-state index contributed by atoms with van der Waals surface area (Å²) in [6, 6.07) is 11.6. The number of aliphatic hydroxyl groups is 1. The number of ether oxygens (including phenoxy) is 1. The first-order chi connectivity index (χ1) is 11.5. The van der Waals surface area contributed by atoms with Crippen LogP contribution in [0, 0.1) is 0 Å². The second-order valence-electron chi connectivity index (χ2n) is 4.91. The topological polar surface area (TPSA) is 87.7 Å². The van der Waals surface area contributed by atoms with E-state index in [2.05, 4.69) is 15.4 Å². The van der Waals surface area contributed by atoms with Crippen LogP contribution in [0.4, 0.5) is 11.4 Å². The van der Waals surface area contributed by atoms with E-state index in [4.69, 9.17) is 16.7 Å². The summed E-state index contributed by atoms with van der Waals surface area (Å²) >= 11 is 6.05. The standard InChI is InChI=1S/C17H17ClN2O4/c1-24-17(23)12-4-2-3-5-14(12)20-16(22)9-19-15-8-11(10-21)6-7-13(15)18/h2-8,19,21H,9-10H2,1H3,(H,20,22). The van der Waals surface area contributed by atoms with Gasteiger partial charge in [-0.25, -0.2) is 4.79 Å². The monoisotopic (exact) mass is 348 g/mol. The molecule has 0 aromatic heterocycles. The zero-order chi connectivity index (χ0) is 17.5. The van der Waals surface area contributed by atoms with Crippen molar-refractivity contribution in [3.8, 4) is 0 Å². The van der Waals surface area contributed by atoms with Crippen molar-refractivity contribution in [1.29, 1.82) is 0 Å². The Balaban J connectivity index is 2.03. The highest BCUT2D eigenvalue weighted by molar-refractivity contribution is 6.33. The lowest BCUT2D eigenvalue weighted by Crippen LogP contribution is -2.23. The summed E-state index contributed by atoms with van der Waals surface area (Å²) in [6.07, 6.45) is 0. The summed E-state index contributed by atoms with van der Waals surface area (Å²) in [5.74, 6) is -0.880. The molecular formula is C17H17ClN2O4. The van der Waals surface area contributed by atoms with E-state index in [9.17, 15) is 9.59 Å². The summed E-state index contributed by atoms with van der Waals surface area (Å²) in [4.78, 5) is 23.8. The molecule has 7 heteroatoms. The molecule has 0 aliphatic heterocycles. The maximum Gasteiger partial charge on any atom is 0.339 e. The summed E-state index contributed by atoms with van der Waals surface area (Å²) < 4.78 is 4.68. The number of carbonyl (C=O) groups is 2. The molecule has 0 bridgehead atoms. The highest BCUT2D eigenvalue weighted by Crippen LogP contribution is 2.23. The number of methoxy groups -OCH3 is 1. The van der Waals surface area contributed by atoms with Crippen LogP contribution in [-0.2, 0) is 16.1 Å². The van der Waals surface area contributed by atoms with Crippen molar-refractivity contribution in [2.24, 2.45) is 0 Å². The number of aliphatic hydroxyl groups excluding tert-OH is 1. The molecule has 0 saturated heterocycles. The van der Waals surface area contributed by atoms with Crippen molar-refractivity contribution in [1.82, 2.24) is 0 Å². The van der Waals surface area contributed by atoms with E-state index in [1.54, 1.807) is 42.5 Å². The van der Waals surface area contributed by atoms with Crippen LogP contribution >= 0.6 is 11.6 Å². The molecule has 2 aromatic carbocycles. The number of amides is 1. The van der Waals surface area contributed by atoms with E-state index >= 15 is 0 Å². The lowest BCUT2D eigenvalue weighted by molar-refractivity contribution is -0.114. The largest absolute Gasteiger partial charge is 0.465 e. The molecular weight excluding hydrogens is 332 g/mol. The smallest absolute Gasteiger partial charge is 0.339 e. The number of anilines is 2. The third kappa shape index (κ3) is 4.47. The van der Waals surface area contributed by atoms with Gasteiger partial charge >= 0.3 is 5.97 Å². The molecule has 0 heterocycles. The van der Waals surface area contributed by atoms with Gasteiger partial charge in [0.2, 0.25) is 5.91 Å². The van der Waals surface area contributed by atoms with Crippen LogP contribution in [0.25, 0.3) is 0 Å². The molecule has 2 rings (SSSR count). The van der Waals surface area contributed by atoms with Crippen LogP contribution in [0.1, 0.15) is 15.9 Å². The maximum atomic E-state index is 12.1. The second-order valence-corrected chi connectivity index (χ2v) is 5.32. The maximum absolute atomic E-state index is 12.1. The summed E-state index contributed by atoms with van der Waals surface area (Å²) in [5.41, 5.74) is 1.86. The van der Waals surface area contributed by atoms with Crippen LogP contribution in [0.5, 0.6) is 0 Å². The Morgan fingerprint density at radius 3 is 2.62 bits per heavy atom. The summed E-state index contributed by atoms with van der Waals surface area (Å²) in [7, 11) is 1.28. The van der Waals surface area contributed by atoms with E-state index < -0.39 is 5.97 Å². The lowest BCUT2D eigenvalue weighted by atomic mass is 10.2. The Morgan fingerprint density at radius 1 is 1.17 bits per heavy atom. The van der Waals surface area contributed by atoms with Gasteiger partial charge in [0.15, 0.2) is 0 Å². The Labute approximate surface area is 144 Å². The molecule has 0 fully saturated rings. The van der Waals surface area contributed by atoms with Gasteiger partial charge in [0.1, 0.15) is 0 Å². The number of rotatable bonds is 6. The zero-order valence-corrected chi connectivity index (χ0v) is 13.8. The fourth-order valence-electron chi connectivity index (χ4n) is 2.06. The predicted molar refractivity (Wildman–Crippen MR) is 92.3 cm³/mol. The Morgan fingerprint density at radius 2 is 1.92 bits per heavy atom. The van der Waals surface area contributed by atoms with Gasteiger partial charge in [0.25, 0.3) is 0 Å². The SMILES string of the molecule is COC(=O)c1ccccc1NC(=O)CNc1cc(CO)ccc1Cl. The fourth-order valence-corrected chi connectivity index (χ4v) is 2.24. The molecule has 1 amide bonds. The van der Waals surface area contributed by atoms with Gasteiger partial charge in [-0.2, -0.15) is 0 Å². The molecule has 0 unspecified atom stereocenters. The molecule has 0 aliphatic rings. The van der Waals surface area contributed by atoms with Crippen LogP contribution in [0.2, 0.25) is 5.02 Å². The Hall–Kier alpha value is -2.57. The highest BCUT2D eigenvalue weighted by Gasteiger charge is 2.13. The molecule has 126 valence electrons. The molecule has 6 nitrogen and oxygen atoms in total. The Bertz CT molecular complexity index is 749. The molecule has 2 aromatic rings. The number of nitrogens with one attached hydrogen (secondary N) is 2. The quantitative estimate of drug-likeness (QED) is 0.698. The number of hydrogen-bond donors (Lipinski definition) is 3. The Kier molecular flexibility index (Phi) is 6.17. The number of benzene rings is 2. The van der Waals surface area contributed by atoms with Crippen LogP contribution < -0.4 is 10.6 Å². The first-order valence-electron chi connectivity index (χ1n) is 7.15. The van der Waals surface area contributed by atoms with Crippen molar-refractivity contribution >= 4 is 34.9 Å². The third-order valence-electron chi connectivity index (χ3n) is 3.26. The number of hydrogen-bond acceptors (Lipinski definition) is 5. The molecule has 3 N–H and O–H groups in total. The number of esters is 1. The first-order valence-corrected chi connectivity index (χ1v) is 7.53. The highest BCUT2D eigenvalue weighted by atomic mass is 35.5. The van der Waals surface area contributed by atoms with Gasteiger partial charge in [-0.1, -0.05) is 29.8 Å². The summed E-state index contributed by atoms with van der Waals surface area (Å²) in [6.45, 7) is -0.172. The zero-order valence-electron chi connectivity index (χ0n) is 13.0. The van der Waals surface area contributed by atoms with Gasteiger partial charge < -0.3 is 20.5 Å². The van der Waals surface area contributed by atoms with Crippen LogP contribution in [-0.4, -0.2) is 30.6 Å². The second kappa shape index (κ2) is 8.33. The third-order valence-corrected chi connectivity index (χ3v) is 3.59. The normalized spacial score (nSPS) is 10.1. The number of halogens is 1. The van der Waals surface area contributed by atoms with E-state index in [-0.39, 0.29) is 24.6 Å². The molecule has 0 saturated carbocycles. The average Bonchev–Trinajstić information content (AvgIpc) is 2.61. The van der Waals surface area contributed by atoms with Crippen molar-refractivity contribution in [2.45, 2.75) is 6.61 Å². The van der Waals surface area contributed by atoms with Crippen LogP contribution in [0.3, 0.4) is 0 Å². The molecule has 0 atom stereocenters. The minimum absolute atomic E-state index is 0.0515. The van der Waals surface area contributed by atoms with Crippen molar-refractivity contribution in [3.05, 3.63) is 58.6 Å². The molecule has 0 radical (unpaired) electrons. The van der Waals surface area contributed by atoms with Gasteiger partial charge in [0, 0.05) is 0 Å². The lowest BCUT2D eigenvalue weighted by Gasteiger charge is -2.12. The fraction of sp³-hybridized carbons (Fsp3) is 0.176. The summed E-state index contributed by atoms with van der Waals surface area (Å²) in [5, 5.41) is 15.1. The van der Waals surface area contributed by atoms with Crippen molar-refractivity contribution < 1.29 is 19.4 Å². The van der Waals surface area contributed by atoms with E-state index in [0.717, 1.165) is 0 Å². The van der Waals surface area contributed by atoms with E-state index in [1.807, 2.05) is 0 Å². The molecule has 0 spiro atoms. The van der Waals surface area contributed by atoms with E-state index in [1.165, 1.54) is 7.11 Å².